The Bertz CT molecular complexity index is 576. The topological polar surface area (TPSA) is 23.9 Å². The fraction of sp³-hybridized carbons (Fsp3) is 0.133. The monoisotopic (exact) mass is 245 g/mol. The Morgan fingerprint density at radius 1 is 1.06 bits per heavy atom. The summed E-state index contributed by atoms with van der Waals surface area (Å²) in [5.41, 5.74) is 0.952. The molecule has 3 heteroatoms. The Kier molecular flexibility index (Phi) is 3.24. The van der Waals surface area contributed by atoms with Crippen LogP contribution in [0.2, 0.25) is 0 Å². The van der Waals surface area contributed by atoms with E-state index in [-0.39, 0.29) is 11.1 Å². The normalized spacial score (nSPS) is 11.3. The molecule has 2 aromatic carbocycles. The zero-order valence-electron chi connectivity index (χ0n) is 9.95. The minimum Gasteiger partial charge on any atom is -0.308 e. The van der Waals surface area contributed by atoms with Gasteiger partial charge in [-0.15, -0.1) is 0 Å². The Labute approximate surface area is 105 Å². The highest BCUT2D eigenvalue weighted by molar-refractivity contribution is 5.77. The van der Waals surface area contributed by atoms with Crippen molar-refractivity contribution < 1.29 is 8.78 Å². The second-order valence-corrected chi connectivity index (χ2v) is 4.16. The Hall–Kier alpha value is -2.03. The van der Waals surface area contributed by atoms with E-state index in [1.165, 1.54) is 18.2 Å². The molecular formula is C15H13F2N. The van der Waals surface area contributed by atoms with Crippen LogP contribution in [0.4, 0.5) is 8.78 Å². The molecule has 0 bridgehead atoms. The van der Waals surface area contributed by atoms with E-state index in [9.17, 15) is 8.78 Å². The number of benzene rings is 2. The molecule has 2 rings (SSSR count). The zero-order chi connectivity index (χ0) is 13.2. The van der Waals surface area contributed by atoms with Crippen molar-refractivity contribution in [2.75, 3.05) is 0 Å². The molecule has 0 aromatic heterocycles. The number of halogens is 2. The fourth-order valence-electron chi connectivity index (χ4n) is 1.90. The molecule has 0 aliphatic rings. The molecule has 0 aliphatic carbocycles. The van der Waals surface area contributed by atoms with Gasteiger partial charge in [-0.05, 0) is 24.1 Å². The first-order valence-electron chi connectivity index (χ1n) is 5.60. The molecule has 18 heavy (non-hydrogen) atoms. The molecule has 2 aromatic rings. The summed E-state index contributed by atoms with van der Waals surface area (Å²) in [5.74, 6) is -3.04. The van der Waals surface area contributed by atoms with E-state index in [0.717, 1.165) is 6.21 Å². The van der Waals surface area contributed by atoms with Crippen LogP contribution in [-0.2, 0) is 5.92 Å². The van der Waals surface area contributed by atoms with Crippen LogP contribution in [0.15, 0.2) is 48.5 Å². The maximum atomic E-state index is 14.4. The molecule has 0 heterocycles. The largest absolute Gasteiger partial charge is 0.308 e. The lowest BCUT2D eigenvalue weighted by Crippen LogP contribution is -2.16. The van der Waals surface area contributed by atoms with Gasteiger partial charge in [-0.25, -0.2) is 0 Å². The lowest BCUT2D eigenvalue weighted by Gasteiger charge is -2.19. The Morgan fingerprint density at radius 2 is 1.78 bits per heavy atom. The molecule has 0 amide bonds. The van der Waals surface area contributed by atoms with Gasteiger partial charge in [0.05, 0.1) is 0 Å². The smallest absolute Gasteiger partial charge is 0.298 e. The molecule has 0 radical (unpaired) electrons. The minimum atomic E-state index is -3.04. The van der Waals surface area contributed by atoms with Gasteiger partial charge in [-0.3, -0.25) is 0 Å². The Balaban J connectivity index is 2.53. The van der Waals surface area contributed by atoms with Crippen molar-refractivity contribution in [1.82, 2.24) is 0 Å². The maximum absolute atomic E-state index is 14.4. The van der Waals surface area contributed by atoms with Crippen LogP contribution in [0.3, 0.4) is 0 Å². The van der Waals surface area contributed by atoms with Crippen LogP contribution in [0.5, 0.6) is 0 Å². The first-order valence-corrected chi connectivity index (χ1v) is 5.60. The summed E-state index contributed by atoms with van der Waals surface area (Å²) < 4.78 is 28.8. The summed E-state index contributed by atoms with van der Waals surface area (Å²) in [5, 5.41) is 7.12. The van der Waals surface area contributed by atoms with Crippen molar-refractivity contribution >= 4 is 6.21 Å². The van der Waals surface area contributed by atoms with Gasteiger partial charge in [-0.1, -0.05) is 42.5 Å². The molecule has 0 unspecified atom stereocenters. The zero-order valence-corrected chi connectivity index (χ0v) is 9.95. The number of aryl methyl sites for hydroxylation is 1. The molecule has 1 nitrogen and oxygen atoms in total. The van der Waals surface area contributed by atoms with Crippen molar-refractivity contribution in [3.8, 4) is 0 Å². The summed E-state index contributed by atoms with van der Waals surface area (Å²) in [4.78, 5) is 0. The number of nitrogens with one attached hydrogen (secondary N) is 1. The average Bonchev–Trinajstić information content (AvgIpc) is 2.39. The summed E-state index contributed by atoms with van der Waals surface area (Å²) in [6.45, 7) is 1.67. The molecule has 0 saturated carbocycles. The lowest BCUT2D eigenvalue weighted by molar-refractivity contribution is 0.0421. The van der Waals surface area contributed by atoms with Crippen molar-refractivity contribution in [3.05, 3.63) is 70.8 Å². The van der Waals surface area contributed by atoms with E-state index >= 15 is 0 Å². The van der Waals surface area contributed by atoms with Crippen molar-refractivity contribution in [2.24, 2.45) is 0 Å². The number of hydrogen-bond donors (Lipinski definition) is 1. The van der Waals surface area contributed by atoms with E-state index in [1.807, 2.05) is 0 Å². The first-order chi connectivity index (χ1) is 8.55. The van der Waals surface area contributed by atoms with Gasteiger partial charge in [0.1, 0.15) is 0 Å². The van der Waals surface area contributed by atoms with E-state index in [4.69, 9.17) is 5.41 Å². The quantitative estimate of drug-likeness (QED) is 0.786. The SMILES string of the molecule is Cc1ccccc1C(F)(F)c1cccc(C=N)c1. The van der Waals surface area contributed by atoms with Crippen LogP contribution in [0.1, 0.15) is 22.3 Å². The van der Waals surface area contributed by atoms with E-state index in [2.05, 4.69) is 0 Å². The second-order valence-electron chi connectivity index (χ2n) is 4.16. The predicted molar refractivity (Wildman–Crippen MR) is 68.5 cm³/mol. The van der Waals surface area contributed by atoms with E-state index in [1.54, 1.807) is 37.3 Å². The van der Waals surface area contributed by atoms with Crippen LogP contribution >= 0.6 is 0 Å². The average molecular weight is 245 g/mol. The molecule has 0 fully saturated rings. The molecule has 0 spiro atoms. The van der Waals surface area contributed by atoms with E-state index < -0.39 is 5.92 Å². The summed E-state index contributed by atoms with van der Waals surface area (Å²) >= 11 is 0. The van der Waals surface area contributed by atoms with E-state index in [0.29, 0.717) is 11.1 Å². The van der Waals surface area contributed by atoms with Gasteiger partial charge < -0.3 is 5.41 Å². The third-order valence-electron chi connectivity index (χ3n) is 2.90. The van der Waals surface area contributed by atoms with Crippen molar-refractivity contribution in [2.45, 2.75) is 12.8 Å². The number of rotatable bonds is 3. The number of hydrogen-bond acceptors (Lipinski definition) is 1. The third kappa shape index (κ3) is 2.16. The van der Waals surface area contributed by atoms with Crippen molar-refractivity contribution in [1.29, 1.82) is 5.41 Å². The Morgan fingerprint density at radius 3 is 2.44 bits per heavy atom. The third-order valence-corrected chi connectivity index (χ3v) is 2.90. The van der Waals surface area contributed by atoms with Gasteiger partial charge in [0.25, 0.3) is 5.92 Å². The lowest BCUT2D eigenvalue weighted by atomic mass is 9.95. The van der Waals surface area contributed by atoms with Gasteiger partial charge in [0.15, 0.2) is 0 Å². The van der Waals surface area contributed by atoms with Crippen LogP contribution in [-0.4, -0.2) is 6.21 Å². The summed E-state index contributed by atoms with van der Waals surface area (Å²) in [6, 6.07) is 12.4. The standard InChI is InChI=1S/C15H13F2N/c1-11-5-2-3-8-14(11)15(16,17)13-7-4-6-12(9-13)10-18/h2-10,18H,1H3. The van der Waals surface area contributed by atoms with Crippen LogP contribution in [0.25, 0.3) is 0 Å². The number of alkyl halides is 2. The highest BCUT2D eigenvalue weighted by Gasteiger charge is 2.35. The summed E-state index contributed by atoms with van der Waals surface area (Å²) in [7, 11) is 0. The first kappa shape index (κ1) is 12.4. The van der Waals surface area contributed by atoms with Crippen LogP contribution in [0, 0.1) is 12.3 Å². The molecular weight excluding hydrogens is 232 g/mol. The van der Waals surface area contributed by atoms with Gasteiger partial charge in [0, 0.05) is 17.3 Å². The van der Waals surface area contributed by atoms with Gasteiger partial charge in [-0.2, -0.15) is 8.78 Å². The summed E-state index contributed by atoms with van der Waals surface area (Å²) in [6.07, 6.45) is 1.07. The highest BCUT2D eigenvalue weighted by Crippen LogP contribution is 2.37. The predicted octanol–water partition coefficient (Wildman–Crippen LogP) is 4.13. The van der Waals surface area contributed by atoms with Crippen LogP contribution < -0.4 is 0 Å². The molecule has 0 saturated heterocycles. The minimum absolute atomic E-state index is 0.00660. The highest BCUT2D eigenvalue weighted by atomic mass is 19.3. The second kappa shape index (κ2) is 4.69. The fourth-order valence-corrected chi connectivity index (χ4v) is 1.90. The molecule has 0 atom stereocenters. The molecule has 1 N–H and O–H groups in total. The maximum Gasteiger partial charge on any atom is 0.298 e. The van der Waals surface area contributed by atoms with Gasteiger partial charge >= 0.3 is 0 Å². The van der Waals surface area contributed by atoms with Gasteiger partial charge in [0.2, 0.25) is 0 Å². The molecule has 92 valence electrons. The molecule has 0 aliphatic heterocycles. The van der Waals surface area contributed by atoms with Crippen molar-refractivity contribution in [3.63, 3.8) is 0 Å².